The van der Waals surface area contributed by atoms with E-state index in [0.717, 1.165) is 0 Å². The second-order valence-electron chi connectivity index (χ2n) is 4.55. The maximum absolute atomic E-state index is 10.5. The molecule has 0 aromatic heterocycles. The Bertz CT molecular complexity index is 353. The molecule has 0 aliphatic carbocycles. The molecule has 0 aromatic carbocycles. The first-order valence-corrected chi connectivity index (χ1v) is 6.20. The molecule has 0 saturated carbocycles. The van der Waals surface area contributed by atoms with Gasteiger partial charge >= 0.3 is 5.97 Å². The lowest BCUT2D eigenvalue weighted by atomic mass is 9.99. The summed E-state index contributed by atoms with van der Waals surface area (Å²) < 4.78 is 10.3. The molecule has 5 atom stereocenters. The summed E-state index contributed by atoms with van der Waals surface area (Å²) in [4.78, 5) is 10.5. The Morgan fingerprint density at radius 1 is 1.25 bits per heavy atom. The van der Waals surface area contributed by atoms with Crippen molar-refractivity contribution in [3.63, 3.8) is 0 Å². The number of aliphatic hydroxyl groups is 4. The van der Waals surface area contributed by atoms with Gasteiger partial charge < -0.3 is 35.0 Å². The second-order valence-corrected chi connectivity index (χ2v) is 4.55. The van der Waals surface area contributed by atoms with Gasteiger partial charge in [0.15, 0.2) is 6.29 Å². The zero-order valence-electron chi connectivity index (χ0n) is 11.0. The van der Waals surface area contributed by atoms with Crippen LogP contribution in [0, 0.1) is 0 Å². The van der Waals surface area contributed by atoms with Crippen molar-refractivity contribution < 1.29 is 39.8 Å². The summed E-state index contributed by atoms with van der Waals surface area (Å²) in [5, 5.41) is 46.4. The molecule has 0 aromatic rings. The van der Waals surface area contributed by atoms with Gasteiger partial charge in [0.2, 0.25) is 0 Å². The molecule has 0 bridgehead atoms. The Morgan fingerprint density at radius 2 is 1.90 bits per heavy atom. The Labute approximate surface area is 115 Å². The van der Waals surface area contributed by atoms with Crippen LogP contribution in [0.4, 0.5) is 0 Å². The maximum Gasteiger partial charge on any atom is 0.330 e. The minimum atomic E-state index is -1.48. The fraction of sp³-hybridized carbons (Fsp3) is 0.750. The van der Waals surface area contributed by atoms with Crippen LogP contribution in [-0.4, -0.2) is 75.4 Å². The van der Waals surface area contributed by atoms with Crippen molar-refractivity contribution in [3.05, 3.63) is 11.6 Å². The molecule has 20 heavy (non-hydrogen) atoms. The smallest absolute Gasteiger partial charge is 0.330 e. The predicted molar refractivity (Wildman–Crippen MR) is 65.7 cm³/mol. The molecule has 8 heteroatoms. The van der Waals surface area contributed by atoms with Crippen LogP contribution < -0.4 is 0 Å². The van der Waals surface area contributed by atoms with E-state index >= 15 is 0 Å². The molecule has 1 fully saturated rings. The SMILES string of the molecule is CC(=CCCOC1O[C@H](CO)[C@@H](O)[C@H](O)[C@H]1O)C(=O)O. The molecule has 0 radical (unpaired) electrons. The molecular weight excluding hydrogens is 272 g/mol. The van der Waals surface area contributed by atoms with E-state index in [9.17, 15) is 20.1 Å². The van der Waals surface area contributed by atoms with E-state index in [1.54, 1.807) is 0 Å². The summed E-state index contributed by atoms with van der Waals surface area (Å²) in [5.41, 5.74) is 0.169. The number of carboxylic acid groups (broad SMARTS) is 1. The van der Waals surface area contributed by atoms with Gasteiger partial charge in [-0.15, -0.1) is 0 Å². The highest BCUT2D eigenvalue weighted by Gasteiger charge is 2.43. The first-order valence-electron chi connectivity index (χ1n) is 6.20. The third kappa shape index (κ3) is 4.23. The Hall–Kier alpha value is -1.03. The van der Waals surface area contributed by atoms with Crippen molar-refractivity contribution in [2.75, 3.05) is 13.2 Å². The number of hydrogen-bond acceptors (Lipinski definition) is 7. The monoisotopic (exact) mass is 292 g/mol. The van der Waals surface area contributed by atoms with Gasteiger partial charge in [-0.05, 0) is 13.3 Å². The van der Waals surface area contributed by atoms with Crippen LogP contribution >= 0.6 is 0 Å². The van der Waals surface area contributed by atoms with Gasteiger partial charge in [0.1, 0.15) is 24.4 Å². The molecule has 1 heterocycles. The van der Waals surface area contributed by atoms with Crippen LogP contribution in [0.3, 0.4) is 0 Å². The average molecular weight is 292 g/mol. The van der Waals surface area contributed by atoms with Gasteiger partial charge in [-0.1, -0.05) is 6.08 Å². The van der Waals surface area contributed by atoms with E-state index in [2.05, 4.69) is 0 Å². The Balaban J connectivity index is 2.46. The van der Waals surface area contributed by atoms with Gasteiger partial charge in [0, 0.05) is 5.57 Å². The standard InChI is InChI=1S/C12H20O8/c1-6(11(17)18)3-2-4-19-12-10(16)9(15)8(14)7(5-13)20-12/h3,7-10,12-16H,2,4-5H2,1H3,(H,17,18)/t7-,8-,9+,10-,12?/m1/s1. The lowest BCUT2D eigenvalue weighted by Gasteiger charge is -2.39. The normalized spacial score (nSPS) is 35.0. The summed E-state index contributed by atoms with van der Waals surface area (Å²) in [6.07, 6.45) is -4.83. The van der Waals surface area contributed by atoms with E-state index in [0.29, 0.717) is 0 Å². The third-order valence-corrected chi connectivity index (χ3v) is 3.04. The molecule has 1 rings (SSSR count). The summed E-state index contributed by atoms with van der Waals surface area (Å²) >= 11 is 0. The molecular formula is C12H20O8. The number of aliphatic carboxylic acids is 1. The first kappa shape index (κ1) is 17.0. The molecule has 1 saturated heterocycles. The second kappa shape index (κ2) is 7.67. The van der Waals surface area contributed by atoms with Crippen LogP contribution in [0.25, 0.3) is 0 Å². The average Bonchev–Trinajstić information content (AvgIpc) is 2.42. The number of carbonyl (C=O) groups is 1. The quantitative estimate of drug-likeness (QED) is 0.286. The molecule has 1 unspecified atom stereocenters. The predicted octanol–water partition coefficient (Wildman–Crippen LogP) is -1.78. The number of aliphatic hydroxyl groups excluding tert-OH is 4. The largest absolute Gasteiger partial charge is 0.478 e. The van der Waals surface area contributed by atoms with Crippen molar-refractivity contribution >= 4 is 5.97 Å². The third-order valence-electron chi connectivity index (χ3n) is 3.04. The van der Waals surface area contributed by atoms with E-state index < -0.39 is 43.3 Å². The van der Waals surface area contributed by atoms with E-state index in [4.69, 9.17) is 19.7 Å². The lowest BCUT2D eigenvalue weighted by molar-refractivity contribution is -0.300. The highest BCUT2D eigenvalue weighted by atomic mass is 16.7. The van der Waals surface area contributed by atoms with Gasteiger partial charge in [-0.2, -0.15) is 0 Å². The minimum Gasteiger partial charge on any atom is -0.478 e. The van der Waals surface area contributed by atoms with E-state index in [1.807, 2.05) is 0 Å². The Morgan fingerprint density at radius 3 is 2.45 bits per heavy atom. The van der Waals surface area contributed by atoms with Crippen LogP contribution in [0.15, 0.2) is 11.6 Å². The maximum atomic E-state index is 10.5. The van der Waals surface area contributed by atoms with Gasteiger partial charge in [0.05, 0.1) is 13.2 Å². The molecule has 0 spiro atoms. The van der Waals surface area contributed by atoms with E-state index in [-0.39, 0.29) is 18.6 Å². The molecule has 8 nitrogen and oxygen atoms in total. The van der Waals surface area contributed by atoms with Crippen molar-refractivity contribution in [1.29, 1.82) is 0 Å². The van der Waals surface area contributed by atoms with Crippen molar-refractivity contribution in [2.24, 2.45) is 0 Å². The number of carboxylic acids is 1. The molecule has 0 amide bonds. The lowest BCUT2D eigenvalue weighted by Crippen LogP contribution is -2.59. The van der Waals surface area contributed by atoms with Crippen LogP contribution in [0.5, 0.6) is 0 Å². The van der Waals surface area contributed by atoms with Crippen LogP contribution in [0.1, 0.15) is 13.3 Å². The summed E-state index contributed by atoms with van der Waals surface area (Å²) in [6, 6.07) is 0. The van der Waals surface area contributed by atoms with Gasteiger partial charge in [-0.3, -0.25) is 0 Å². The fourth-order valence-electron chi connectivity index (χ4n) is 1.75. The first-order chi connectivity index (χ1) is 9.38. The summed E-state index contributed by atoms with van der Waals surface area (Å²) in [6.45, 7) is 0.979. The minimum absolute atomic E-state index is 0.0628. The Kier molecular flexibility index (Phi) is 6.53. The zero-order chi connectivity index (χ0) is 15.3. The summed E-state index contributed by atoms with van der Waals surface area (Å²) in [5.74, 6) is -1.03. The molecule has 1 aliphatic heterocycles. The van der Waals surface area contributed by atoms with Crippen LogP contribution in [0.2, 0.25) is 0 Å². The summed E-state index contributed by atoms with van der Waals surface area (Å²) in [7, 11) is 0. The van der Waals surface area contributed by atoms with Crippen molar-refractivity contribution in [2.45, 2.75) is 44.1 Å². The fourth-order valence-corrected chi connectivity index (χ4v) is 1.75. The zero-order valence-corrected chi connectivity index (χ0v) is 11.0. The number of hydrogen-bond donors (Lipinski definition) is 5. The van der Waals surface area contributed by atoms with Gasteiger partial charge in [0.25, 0.3) is 0 Å². The highest BCUT2D eigenvalue weighted by Crippen LogP contribution is 2.22. The van der Waals surface area contributed by atoms with E-state index in [1.165, 1.54) is 13.0 Å². The molecule has 5 N–H and O–H groups in total. The highest BCUT2D eigenvalue weighted by molar-refractivity contribution is 5.85. The van der Waals surface area contributed by atoms with Gasteiger partial charge in [-0.25, -0.2) is 4.79 Å². The molecule has 1 aliphatic rings. The number of ether oxygens (including phenoxy) is 2. The topological polar surface area (TPSA) is 137 Å². The molecule has 116 valence electrons. The van der Waals surface area contributed by atoms with Crippen LogP contribution in [-0.2, 0) is 14.3 Å². The number of rotatable bonds is 6. The van der Waals surface area contributed by atoms with Crippen molar-refractivity contribution in [1.82, 2.24) is 0 Å². The van der Waals surface area contributed by atoms with Crippen molar-refractivity contribution in [3.8, 4) is 0 Å².